The molecule has 0 aliphatic carbocycles. The summed E-state index contributed by atoms with van der Waals surface area (Å²) in [5, 5.41) is 3.13. The van der Waals surface area contributed by atoms with Crippen molar-refractivity contribution in [3.8, 4) is 0 Å². The second kappa shape index (κ2) is 8.09. The van der Waals surface area contributed by atoms with E-state index >= 15 is 0 Å². The number of nitrogens with one attached hydrogen (secondary N) is 2. The number of hydrogen-bond acceptors (Lipinski definition) is 4. The SMILES string of the molecule is CCNCCCS(=O)(=O)NC(C)C1CCOCC1. The van der Waals surface area contributed by atoms with E-state index in [0.717, 1.165) is 39.1 Å². The molecule has 1 aliphatic rings. The Morgan fingerprint density at radius 1 is 1.33 bits per heavy atom. The lowest BCUT2D eigenvalue weighted by atomic mass is 9.94. The number of ether oxygens (including phenoxy) is 1. The fourth-order valence-electron chi connectivity index (χ4n) is 2.22. The van der Waals surface area contributed by atoms with Crippen LogP contribution in [0.3, 0.4) is 0 Å². The molecule has 5 nitrogen and oxygen atoms in total. The van der Waals surface area contributed by atoms with E-state index in [0.29, 0.717) is 12.3 Å². The molecular formula is C12H26N2O3S. The van der Waals surface area contributed by atoms with E-state index in [1.165, 1.54) is 0 Å². The number of rotatable bonds is 8. The van der Waals surface area contributed by atoms with Crippen molar-refractivity contribution in [3.63, 3.8) is 0 Å². The van der Waals surface area contributed by atoms with Gasteiger partial charge in [0.1, 0.15) is 0 Å². The lowest BCUT2D eigenvalue weighted by Gasteiger charge is -2.28. The number of sulfonamides is 1. The van der Waals surface area contributed by atoms with Crippen molar-refractivity contribution in [3.05, 3.63) is 0 Å². The highest BCUT2D eigenvalue weighted by Gasteiger charge is 2.24. The minimum absolute atomic E-state index is 0.0121. The van der Waals surface area contributed by atoms with Gasteiger partial charge in [-0.1, -0.05) is 6.92 Å². The summed E-state index contributed by atoms with van der Waals surface area (Å²) in [7, 11) is -3.14. The lowest BCUT2D eigenvalue weighted by Crippen LogP contribution is -2.41. The first-order valence-electron chi connectivity index (χ1n) is 6.83. The summed E-state index contributed by atoms with van der Waals surface area (Å²) < 4.78 is 31.8. The normalized spacial score (nSPS) is 19.9. The van der Waals surface area contributed by atoms with Crippen molar-refractivity contribution < 1.29 is 13.2 Å². The van der Waals surface area contributed by atoms with Crippen LogP contribution in [0, 0.1) is 5.92 Å². The van der Waals surface area contributed by atoms with Crippen LogP contribution < -0.4 is 10.0 Å². The van der Waals surface area contributed by atoms with Crippen molar-refractivity contribution in [1.82, 2.24) is 10.0 Å². The second-order valence-corrected chi connectivity index (χ2v) is 6.76. The van der Waals surface area contributed by atoms with Crippen LogP contribution >= 0.6 is 0 Å². The van der Waals surface area contributed by atoms with Gasteiger partial charge < -0.3 is 10.1 Å². The maximum atomic E-state index is 11.9. The Labute approximate surface area is 111 Å². The monoisotopic (exact) mass is 278 g/mol. The molecule has 0 radical (unpaired) electrons. The Balaban J connectivity index is 2.29. The Kier molecular flexibility index (Phi) is 7.14. The van der Waals surface area contributed by atoms with Crippen LogP contribution in [0.5, 0.6) is 0 Å². The van der Waals surface area contributed by atoms with Gasteiger partial charge in [-0.3, -0.25) is 0 Å². The molecule has 6 heteroatoms. The third-order valence-corrected chi connectivity index (χ3v) is 4.91. The van der Waals surface area contributed by atoms with Gasteiger partial charge in [-0.05, 0) is 45.2 Å². The molecule has 1 atom stereocenters. The van der Waals surface area contributed by atoms with Gasteiger partial charge in [0.05, 0.1) is 5.75 Å². The summed E-state index contributed by atoms with van der Waals surface area (Å²) in [5.74, 6) is 0.607. The summed E-state index contributed by atoms with van der Waals surface area (Å²) in [6.07, 6.45) is 2.55. The van der Waals surface area contributed by atoms with E-state index in [2.05, 4.69) is 10.0 Å². The molecule has 1 aliphatic heterocycles. The van der Waals surface area contributed by atoms with Crippen molar-refractivity contribution in [2.75, 3.05) is 32.1 Å². The molecule has 0 aromatic rings. The highest BCUT2D eigenvalue weighted by Crippen LogP contribution is 2.19. The van der Waals surface area contributed by atoms with Crippen LogP contribution in [0.1, 0.15) is 33.1 Å². The molecule has 0 spiro atoms. The summed E-state index contributed by atoms with van der Waals surface area (Å²) in [6.45, 7) is 7.10. The predicted molar refractivity (Wildman–Crippen MR) is 73.1 cm³/mol. The highest BCUT2D eigenvalue weighted by atomic mass is 32.2. The topological polar surface area (TPSA) is 67.4 Å². The van der Waals surface area contributed by atoms with Crippen LogP contribution in [0.25, 0.3) is 0 Å². The Bertz CT molecular complexity index is 313. The zero-order valence-corrected chi connectivity index (χ0v) is 12.3. The van der Waals surface area contributed by atoms with Gasteiger partial charge in [0.25, 0.3) is 0 Å². The summed E-state index contributed by atoms with van der Waals surface area (Å²) in [6, 6.07) is 0.0121. The van der Waals surface area contributed by atoms with Crippen molar-refractivity contribution >= 4 is 10.0 Å². The van der Waals surface area contributed by atoms with E-state index in [1.54, 1.807) is 0 Å². The van der Waals surface area contributed by atoms with Gasteiger partial charge >= 0.3 is 0 Å². The van der Waals surface area contributed by atoms with E-state index in [-0.39, 0.29) is 11.8 Å². The fourth-order valence-corrected chi connectivity index (χ4v) is 3.62. The molecule has 1 rings (SSSR count). The van der Waals surface area contributed by atoms with Gasteiger partial charge in [0.15, 0.2) is 0 Å². The van der Waals surface area contributed by atoms with Crippen LogP contribution in [0.4, 0.5) is 0 Å². The van der Waals surface area contributed by atoms with Gasteiger partial charge in [-0.25, -0.2) is 13.1 Å². The van der Waals surface area contributed by atoms with Gasteiger partial charge in [-0.15, -0.1) is 0 Å². The molecular weight excluding hydrogens is 252 g/mol. The molecule has 1 fully saturated rings. The first kappa shape index (κ1) is 15.9. The van der Waals surface area contributed by atoms with Gasteiger partial charge in [0.2, 0.25) is 10.0 Å². The average molecular weight is 278 g/mol. The second-order valence-electron chi connectivity index (χ2n) is 4.88. The molecule has 108 valence electrons. The van der Waals surface area contributed by atoms with Gasteiger partial charge in [0, 0.05) is 19.3 Å². The quantitative estimate of drug-likeness (QED) is 0.642. The fraction of sp³-hybridized carbons (Fsp3) is 1.00. The number of hydrogen-bond donors (Lipinski definition) is 2. The van der Waals surface area contributed by atoms with Crippen LogP contribution in [0.2, 0.25) is 0 Å². The first-order chi connectivity index (χ1) is 8.55. The third-order valence-electron chi connectivity index (χ3n) is 3.36. The van der Waals surface area contributed by atoms with Crippen LogP contribution in [0.15, 0.2) is 0 Å². The standard InChI is InChI=1S/C12H26N2O3S/c1-3-13-7-4-10-18(15,16)14-11(2)12-5-8-17-9-6-12/h11-14H,3-10H2,1-2H3. The molecule has 0 aromatic carbocycles. The zero-order chi connectivity index (χ0) is 13.4. The highest BCUT2D eigenvalue weighted by molar-refractivity contribution is 7.89. The predicted octanol–water partition coefficient (Wildman–Crippen LogP) is 0.721. The van der Waals surface area contributed by atoms with Crippen LogP contribution in [-0.2, 0) is 14.8 Å². The molecule has 18 heavy (non-hydrogen) atoms. The maximum absolute atomic E-state index is 11.9. The largest absolute Gasteiger partial charge is 0.381 e. The van der Waals surface area contributed by atoms with Crippen molar-refractivity contribution in [1.29, 1.82) is 0 Å². The van der Waals surface area contributed by atoms with Crippen LogP contribution in [-0.4, -0.2) is 46.5 Å². The minimum Gasteiger partial charge on any atom is -0.381 e. The molecule has 1 unspecified atom stereocenters. The van der Waals surface area contributed by atoms with Crippen molar-refractivity contribution in [2.24, 2.45) is 5.92 Å². The molecule has 0 amide bonds. The minimum atomic E-state index is -3.14. The first-order valence-corrected chi connectivity index (χ1v) is 8.49. The zero-order valence-electron chi connectivity index (χ0n) is 11.4. The average Bonchev–Trinajstić information content (AvgIpc) is 2.35. The third kappa shape index (κ3) is 6.13. The van der Waals surface area contributed by atoms with E-state index < -0.39 is 10.0 Å². The Morgan fingerprint density at radius 2 is 2.00 bits per heavy atom. The smallest absolute Gasteiger partial charge is 0.211 e. The maximum Gasteiger partial charge on any atom is 0.211 e. The van der Waals surface area contributed by atoms with Crippen molar-refractivity contribution in [2.45, 2.75) is 39.2 Å². The molecule has 1 heterocycles. The van der Waals surface area contributed by atoms with E-state index in [9.17, 15) is 8.42 Å². The Hall–Kier alpha value is -0.170. The van der Waals surface area contributed by atoms with E-state index in [4.69, 9.17) is 4.74 Å². The molecule has 1 saturated heterocycles. The molecule has 2 N–H and O–H groups in total. The summed E-state index contributed by atoms with van der Waals surface area (Å²) in [4.78, 5) is 0. The molecule has 0 saturated carbocycles. The van der Waals surface area contributed by atoms with Gasteiger partial charge in [-0.2, -0.15) is 0 Å². The van der Waals surface area contributed by atoms with E-state index in [1.807, 2.05) is 13.8 Å². The summed E-state index contributed by atoms with van der Waals surface area (Å²) >= 11 is 0. The Morgan fingerprint density at radius 3 is 2.61 bits per heavy atom. The molecule has 0 bridgehead atoms. The molecule has 0 aromatic heterocycles. The lowest BCUT2D eigenvalue weighted by molar-refractivity contribution is 0.0585. The summed E-state index contributed by atoms with van der Waals surface area (Å²) in [5.41, 5.74) is 0.